The van der Waals surface area contributed by atoms with Crippen LogP contribution in [0.15, 0.2) is 78.9 Å². The maximum Gasteiger partial charge on any atom is 0.253 e. The Morgan fingerprint density at radius 2 is 1.24 bits per heavy atom. The van der Waals surface area contributed by atoms with E-state index in [1.165, 1.54) is 0 Å². The fourth-order valence-corrected chi connectivity index (χ4v) is 2.54. The highest BCUT2D eigenvalue weighted by molar-refractivity contribution is 6.68. The second kappa shape index (κ2) is 5.94. The van der Waals surface area contributed by atoms with Crippen LogP contribution in [0.4, 0.5) is 0 Å². The molecule has 0 atom stereocenters. The van der Waals surface area contributed by atoms with Gasteiger partial charge < -0.3 is 0 Å². The van der Waals surface area contributed by atoms with Crippen LogP contribution in [0, 0.1) is 0 Å². The van der Waals surface area contributed by atoms with Crippen molar-refractivity contribution in [1.29, 1.82) is 0 Å². The number of halogens is 1. The first-order valence-corrected chi connectivity index (χ1v) is 7.08. The van der Waals surface area contributed by atoms with E-state index >= 15 is 0 Å². The van der Waals surface area contributed by atoms with E-state index in [0.29, 0.717) is 5.56 Å². The zero-order valence-corrected chi connectivity index (χ0v) is 12.0. The molecule has 0 aromatic heterocycles. The van der Waals surface area contributed by atoms with Crippen molar-refractivity contribution < 1.29 is 4.79 Å². The first-order valence-electron chi connectivity index (χ1n) is 6.70. The van der Waals surface area contributed by atoms with Crippen molar-refractivity contribution in [3.63, 3.8) is 0 Å². The van der Waals surface area contributed by atoms with Gasteiger partial charge in [0, 0.05) is 5.56 Å². The molecule has 0 radical (unpaired) electrons. The summed E-state index contributed by atoms with van der Waals surface area (Å²) in [6.45, 7) is 0. The monoisotopic (exact) mass is 292 g/mol. The van der Waals surface area contributed by atoms with Crippen LogP contribution in [-0.4, -0.2) is 5.24 Å². The van der Waals surface area contributed by atoms with Gasteiger partial charge in [0.25, 0.3) is 5.24 Å². The van der Waals surface area contributed by atoms with Crippen molar-refractivity contribution in [3.05, 3.63) is 84.4 Å². The molecule has 1 nitrogen and oxygen atoms in total. The molecule has 0 N–H and O–H groups in total. The van der Waals surface area contributed by atoms with E-state index in [1.54, 1.807) is 0 Å². The number of hydrogen-bond donors (Lipinski definition) is 0. The summed E-state index contributed by atoms with van der Waals surface area (Å²) in [6.07, 6.45) is 0. The minimum Gasteiger partial charge on any atom is -0.276 e. The van der Waals surface area contributed by atoms with Gasteiger partial charge in [0.1, 0.15) is 0 Å². The van der Waals surface area contributed by atoms with Gasteiger partial charge in [-0.15, -0.1) is 0 Å². The number of carbonyl (C=O) groups is 1. The standard InChI is InChI=1S/C19H13ClO/c20-19(21)18-13-16(14-7-3-1-4-8-14)11-12-17(18)15-9-5-2-6-10-15/h1-13H. The number of carbonyl (C=O) groups excluding carboxylic acids is 1. The summed E-state index contributed by atoms with van der Waals surface area (Å²) in [5, 5.41) is -0.438. The van der Waals surface area contributed by atoms with Gasteiger partial charge in [-0.25, -0.2) is 0 Å². The molecule has 0 amide bonds. The SMILES string of the molecule is O=C(Cl)c1cc(-c2ccccc2)ccc1-c1ccccc1. The van der Waals surface area contributed by atoms with Crippen LogP contribution >= 0.6 is 11.6 Å². The summed E-state index contributed by atoms with van der Waals surface area (Å²) in [5.74, 6) is 0. The quantitative estimate of drug-likeness (QED) is 0.591. The first kappa shape index (κ1) is 13.6. The van der Waals surface area contributed by atoms with Crippen LogP contribution in [-0.2, 0) is 0 Å². The Morgan fingerprint density at radius 1 is 0.667 bits per heavy atom. The van der Waals surface area contributed by atoms with Crippen LogP contribution < -0.4 is 0 Å². The van der Waals surface area contributed by atoms with E-state index < -0.39 is 5.24 Å². The molecular weight excluding hydrogens is 280 g/mol. The minimum absolute atomic E-state index is 0.438. The van der Waals surface area contributed by atoms with E-state index in [9.17, 15) is 4.79 Å². The largest absolute Gasteiger partial charge is 0.276 e. The maximum absolute atomic E-state index is 11.8. The number of hydrogen-bond acceptors (Lipinski definition) is 1. The molecule has 0 unspecified atom stereocenters. The molecule has 0 aliphatic rings. The molecule has 0 bridgehead atoms. The Hall–Kier alpha value is -2.38. The van der Waals surface area contributed by atoms with Crippen LogP contribution in [0.5, 0.6) is 0 Å². The molecule has 0 saturated carbocycles. The summed E-state index contributed by atoms with van der Waals surface area (Å²) < 4.78 is 0. The second-order valence-corrected chi connectivity index (χ2v) is 5.11. The van der Waals surface area contributed by atoms with Crippen molar-refractivity contribution >= 4 is 16.8 Å². The Bertz CT molecular complexity index is 764. The van der Waals surface area contributed by atoms with Crippen LogP contribution in [0.2, 0.25) is 0 Å². The van der Waals surface area contributed by atoms with E-state index in [0.717, 1.165) is 22.3 Å². The first-order chi connectivity index (χ1) is 10.3. The summed E-state index contributed by atoms with van der Waals surface area (Å²) in [6, 6.07) is 25.6. The van der Waals surface area contributed by atoms with E-state index in [-0.39, 0.29) is 0 Å². The second-order valence-electron chi connectivity index (χ2n) is 4.77. The average molecular weight is 293 g/mol. The highest BCUT2D eigenvalue weighted by Crippen LogP contribution is 2.29. The lowest BCUT2D eigenvalue weighted by Crippen LogP contribution is -1.94. The predicted octanol–water partition coefficient (Wildman–Crippen LogP) is 5.40. The van der Waals surface area contributed by atoms with E-state index in [1.807, 2.05) is 78.9 Å². The average Bonchev–Trinajstić information content (AvgIpc) is 2.56. The summed E-state index contributed by atoms with van der Waals surface area (Å²) >= 11 is 5.78. The molecule has 3 aromatic rings. The molecule has 0 spiro atoms. The van der Waals surface area contributed by atoms with Crippen LogP contribution in [0.25, 0.3) is 22.3 Å². The smallest absolute Gasteiger partial charge is 0.253 e. The van der Waals surface area contributed by atoms with Gasteiger partial charge >= 0.3 is 0 Å². The normalized spacial score (nSPS) is 10.3. The van der Waals surface area contributed by atoms with Gasteiger partial charge in [-0.3, -0.25) is 4.79 Å². The number of benzene rings is 3. The highest BCUT2D eigenvalue weighted by atomic mass is 35.5. The Labute approximate surface area is 128 Å². The third-order valence-electron chi connectivity index (χ3n) is 3.42. The Balaban J connectivity index is 2.14. The highest BCUT2D eigenvalue weighted by Gasteiger charge is 2.12. The molecule has 0 heterocycles. The lowest BCUT2D eigenvalue weighted by molar-refractivity contribution is 0.108. The maximum atomic E-state index is 11.8. The third-order valence-corrected chi connectivity index (χ3v) is 3.63. The fraction of sp³-hybridized carbons (Fsp3) is 0. The predicted molar refractivity (Wildman–Crippen MR) is 87.5 cm³/mol. The van der Waals surface area contributed by atoms with Crippen molar-refractivity contribution in [1.82, 2.24) is 0 Å². The molecule has 3 aromatic carbocycles. The van der Waals surface area contributed by atoms with E-state index in [2.05, 4.69) is 0 Å². The molecule has 0 aliphatic carbocycles. The lowest BCUT2D eigenvalue weighted by Gasteiger charge is -2.09. The summed E-state index contributed by atoms with van der Waals surface area (Å²) in [5.41, 5.74) is 4.43. The fourth-order valence-electron chi connectivity index (χ4n) is 2.39. The lowest BCUT2D eigenvalue weighted by atomic mass is 9.95. The molecule has 2 heteroatoms. The molecule has 102 valence electrons. The van der Waals surface area contributed by atoms with Crippen molar-refractivity contribution in [2.75, 3.05) is 0 Å². The van der Waals surface area contributed by atoms with Crippen LogP contribution in [0.3, 0.4) is 0 Å². The zero-order valence-electron chi connectivity index (χ0n) is 11.3. The van der Waals surface area contributed by atoms with Gasteiger partial charge in [0.2, 0.25) is 0 Å². The number of rotatable bonds is 3. The van der Waals surface area contributed by atoms with Gasteiger partial charge in [-0.1, -0.05) is 72.8 Å². The molecule has 0 saturated heterocycles. The van der Waals surface area contributed by atoms with Crippen molar-refractivity contribution in [3.8, 4) is 22.3 Å². The van der Waals surface area contributed by atoms with Crippen molar-refractivity contribution in [2.24, 2.45) is 0 Å². The summed E-state index contributed by atoms with van der Waals surface area (Å²) in [4.78, 5) is 11.8. The van der Waals surface area contributed by atoms with Crippen LogP contribution in [0.1, 0.15) is 10.4 Å². The van der Waals surface area contributed by atoms with Gasteiger partial charge in [-0.2, -0.15) is 0 Å². The van der Waals surface area contributed by atoms with Gasteiger partial charge in [0.05, 0.1) is 0 Å². The van der Waals surface area contributed by atoms with Gasteiger partial charge in [-0.05, 0) is 39.9 Å². The summed E-state index contributed by atoms with van der Waals surface area (Å²) in [7, 11) is 0. The van der Waals surface area contributed by atoms with Gasteiger partial charge in [0.15, 0.2) is 0 Å². The Kier molecular flexibility index (Phi) is 3.85. The third kappa shape index (κ3) is 2.88. The minimum atomic E-state index is -0.438. The molecule has 0 aliphatic heterocycles. The molecule has 0 fully saturated rings. The topological polar surface area (TPSA) is 17.1 Å². The van der Waals surface area contributed by atoms with Crippen molar-refractivity contribution in [2.45, 2.75) is 0 Å². The molecular formula is C19H13ClO. The zero-order chi connectivity index (χ0) is 14.7. The Morgan fingerprint density at radius 3 is 1.81 bits per heavy atom. The van der Waals surface area contributed by atoms with E-state index in [4.69, 9.17) is 11.6 Å². The molecule has 3 rings (SSSR count). The molecule has 21 heavy (non-hydrogen) atoms.